The topological polar surface area (TPSA) is 73.6 Å². The van der Waals surface area contributed by atoms with Crippen LogP contribution in [-0.4, -0.2) is 45.4 Å². The van der Waals surface area contributed by atoms with Gasteiger partial charge in [0.15, 0.2) is 0 Å². The minimum Gasteiger partial charge on any atom is -0.379 e. The summed E-state index contributed by atoms with van der Waals surface area (Å²) in [5, 5.41) is 2.82. The predicted octanol–water partition coefficient (Wildman–Crippen LogP) is -0.497. The molecule has 0 saturated carbocycles. The quantitative estimate of drug-likeness (QED) is 0.497. The Morgan fingerprint density at radius 2 is 2.00 bits per heavy atom. The van der Waals surface area contributed by atoms with Crippen molar-refractivity contribution in [3.63, 3.8) is 0 Å². The van der Waals surface area contributed by atoms with Crippen LogP contribution in [0.2, 0.25) is 0 Å². The fraction of sp³-hybridized carbons (Fsp3) is 0.889. The summed E-state index contributed by atoms with van der Waals surface area (Å²) < 4.78 is 10.3. The number of ether oxygens (including phenoxy) is 2. The highest BCUT2D eigenvalue weighted by Gasteiger charge is 2.11. The van der Waals surface area contributed by atoms with Gasteiger partial charge >= 0.3 is 0 Å². The number of carbonyl (C=O) groups excluding carboxylic acids is 1. The Kier molecular flexibility index (Phi) is 8.51. The Labute approximate surface area is 84.9 Å². The monoisotopic (exact) mass is 204 g/mol. The van der Waals surface area contributed by atoms with Gasteiger partial charge in [-0.1, -0.05) is 0 Å². The molecule has 0 aliphatic rings. The number of hydrogen-bond acceptors (Lipinski definition) is 4. The first-order chi connectivity index (χ1) is 6.72. The van der Waals surface area contributed by atoms with E-state index < -0.39 is 0 Å². The van der Waals surface area contributed by atoms with E-state index in [-0.39, 0.29) is 11.9 Å². The first-order valence-corrected chi connectivity index (χ1v) is 4.84. The summed E-state index contributed by atoms with van der Waals surface area (Å²) >= 11 is 0. The zero-order valence-electron chi connectivity index (χ0n) is 8.91. The molecule has 0 aromatic rings. The van der Waals surface area contributed by atoms with Gasteiger partial charge in [-0.15, -0.1) is 0 Å². The molecular formula is C9H20N2O3. The zero-order chi connectivity index (χ0) is 10.8. The third kappa shape index (κ3) is 6.82. The van der Waals surface area contributed by atoms with E-state index in [9.17, 15) is 4.79 Å². The van der Waals surface area contributed by atoms with Crippen molar-refractivity contribution in [2.45, 2.75) is 19.4 Å². The molecule has 3 N–H and O–H groups in total. The van der Waals surface area contributed by atoms with Crippen molar-refractivity contribution < 1.29 is 14.3 Å². The molecule has 0 heterocycles. The molecular weight excluding hydrogens is 184 g/mol. The molecule has 1 unspecified atom stereocenters. The second kappa shape index (κ2) is 8.93. The maximum atomic E-state index is 10.8. The second-order valence-electron chi connectivity index (χ2n) is 2.84. The van der Waals surface area contributed by atoms with Crippen molar-refractivity contribution >= 4 is 5.91 Å². The van der Waals surface area contributed by atoms with Crippen molar-refractivity contribution in [1.29, 1.82) is 0 Å². The first kappa shape index (κ1) is 13.4. The molecule has 0 aliphatic carbocycles. The summed E-state index contributed by atoms with van der Waals surface area (Å²) in [6.45, 7) is 4.30. The Balaban J connectivity index is 3.29. The Morgan fingerprint density at radius 3 is 2.50 bits per heavy atom. The summed E-state index contributed by atoms with van der Waals surface area (Å²) in [6.07, 6.45) is 0.595. The number of likely N-dealkylation sites (N-methyl/N-ethyl adjacent to an activating group) is 1. The van der Waals surface area contributed by atoms with Crippen LogP contribution in [0.4, 0.5) is 0 Å². The molecule has 0 rings (SSSR count). The summed E-state index contributed by atoms with van der Waals surface area (Å²) in [4.78, 5) is 10.8. The lowest BCUT2D eigenvalue weighted by Crippen LogP contribution is -2.39. The Bertz CT molecular complexity index is 153. The van der Waals surface area contributed by atoms with Crippen LogP contribution in [0.1, 0.15) is 13.3 Å². The van der Waals surface area contributed by atoms with Gasteiger partial charge in [-0.2, -0.15) is 0 Å². The standard InChI is InChI=1S/C9H20N2O3/c1-3-13-6-7-14-5-4-8(11-2)9(10)12/h8,11H,3-7H2,1-2H3,(H2,10,12). The molecule has 1 amide bonds. The lowest BCUT2D eigenvalue weighted by Gasteiger charge is -2.11. The van der Waals surface area contributed by atoms with E-state index in [1.807, 2.05) is 6.92 Å². The molecule has 0 spiro atoms. The molecule has 0 aliphatic heterocycles. The van der Waals surface area contributed by atoms with Crippen LogP contribution >= 0.6 is 0 Å². The molecule has 5 nitrogen and oxygen atoms in total. The number of nitrogens with two attached hydrogens (primary N) is 1. The number of nitrogens with one attached hydrogen (secondary N) is 1. The van der Waals surface area contributed by atoms with Gasteiger partial charge in [0.2, 0.25) is 5.91 Å². The summed E-state index contributed by atoms with van der Waals surface area (Å²) in [5.74, 6) is -0.346. The second-order valence-corrected chi connectivity index (χ2v) is 2.84. The van der Waals surface area contributed by atoms with Crippen LogP contribution in [0, 0.1) is 0 Å². The maximum Gasteiger partial charge on any atom is 0.234 e. The van der Waals surface area contributed by atoms with E-state index >= 15 is 0 Å². The summed E-state index contributed by atoms with van der Waals surface area (Å²) in [7, 11) is 1.70. The third-order valence-electron chi connectivity index (χ3n) is 1.82. The minimum absolute atomic E-state index is 0.304. The number of primary amides is 1. The lowest BCUT2D eigenvalue weighted by atomic mass is 10.2. The highest BCUT2D eigenvalue weighted by atomic mass is 16.5. The van der Waals surface area contributed by atoms with E-state index in [1.165, 1.54) is 0 Å². The van der Waals surface area contributed by atoms with Gasteiger partial charge in [-0.25, -0.2) is 0 Å². The molecule has 0 aromatic heterocycles. The van der Waals surface area contributed by atoms with Gasteiger partial charge in [0, 0.05) is 13.2 Å². The van der Waals surface area contributed by atoms with Crippen molar-refractivity contribution in [3.8, 4) is 0 Å². The molecule has 1 atom stereocenters. The largest absolute Gasteiger partial charge is 0.379 e. The highest BCUT2D eigenvalue weighted by Crippen LogP contribution is 1.91. The van der Waals surface area contributed by atoms with Gasteiger partial charge < -0.3 is 20.5 Å². The van der Waals surface area contributed by atoms with Crippen molar-refractivity contribution in [3.05, 3.63) is 0 Å². The van der Waals surface area contributed by atoms with Crippen LogP contribution in [0.25, 0.3) is 0 Å². The normalized spacial score (nSPS) is 12.7. The zero-order valence-corrected chi connectivity index (χ0v) is 8.91. The van der Waals surface area contributed by atoms with E-state index in [0.717, 1.165) is 0 Å². The Hall–Kier alpha value is -0.650. The molecule has 5 heteroatoms. The van der Waals surface area contributed by atoms with Gasteiger partial charge in [0.1, 0.15) is 0 Å². The molecule has 0 bridgehead atoms. The summed E-state index contributed by atoms with van der Waals surface area (Å²) in [6, 6.07) is -0.304. The predicted molar refractivity (Wildman–Crippen MR) is 54.0 cm³/mol. The minimum atomic E-state index is -0.346. The van der Waals surface area contributed by atoms with Crippen LogP contribution in [0.5, 0.6) is 0 Å². The van der Waals surface area contributed by atoms with Gasteiger partial charge in [-0.3, -0.25) is 4.79 Å². The molecule has 0 fully saturated rings. The van der Waals surface area contributed by atoms with Crippen LogP contribution < -0.4 is 11.1 Å². The fourth-order valence-electron chi connectivity index (χ4n) is 0.994. The number of carbonyl (C=O) groups is 1. The average Bonchev–Trinajstić information content (AvgIpc) is 2.16. The number of hydrogen-bond donors (Lipinski definition) is 2. The van der Waals surface area contributed by atoms with E-state index in [1.54, 1.807) is 7.05 Å². The van der Waals surface area contributed by atoms with Gasteiger partial charge in [0.25, 0.3) is 0 Å². The maximum absolute atomic E-state index is 10.8. The van der Waals surface area contributed by atoms with E-state index in [0.29, 0.717) is 32.8 Å². The third-order valence-corrected chi connectivity index (χ3v) is 1.82. The molecule has 0 aromatic carbocycles. The van der Waals surface area contributed by atoms with E-state index in [4.69, 9.17) is 15.2 Å². The average molecular weight is 204 g/mol. The highest BCUT2D eigenvalue weighted by molar-refractivity contribution is 5.79. The lowest BCUT2D eigenvalue weighted by molar-refractivity contribution is -0.120. The van der Waals surface area contributed by atoms with E-state index in [2.05, 4.69) is 5.32 Å². The SMILES string of the molecule is CCOCCOCCC(NC)C(N)=O. The van der Waals surface area contributed by atoms with Gasteiger partial charge in [-0.05, 0) is 20.4 Å². The molecule has 84 valence electrons. The Morgan fingerprint density at radius 1 is 1.36 bits per heavy atom. The number of rotatable bonds is 9. The van der Waals surface area contributed by atoms with Crippen LogP contribution in [-0.2, 0) is 14.3 Å². The smallest absolute Gasteiger partial charge is 0.234 e. The van der Waals surface area contributed by atoms with Crippen molar-refractivity contribution in [2.75, 3.05) is 33.5 Å². The first-order valence-electron chi connectivity index (χ1n) is 4.84. The van der Waals surface area contributed by atoms with Gasteiger partial charge in [0.05, 0.1) is 19.3 Å². The molecule has 0 radical (unpaired) electrons. The van der Waals surface area contributed by atoms with Crippen LogP contribution in [0.15, 0.2) is 0 Å². The molecule has 14 heavy (non-hydrogen) atoms. The van der Waals surface area contributed by atoms with Crippen molar-refractivity contribution in [2.24, 2.45) is 5.73 Å². The summed E-state index contributed by atoms with van der Waals surface area (Å²) in [5.41, 5.74) is 5.13. The van der Waals surface area contributed by atoms with Crippen LogP contribution in [0.3, 0.4) is 0 Å². The molecule has 0 saturated heterocycles. The fourth-order valence-corrected chi connectivity index (χ4v) is 0.994. The van der Waals surface area contributed by atoms with Crippen molar-refractivity contribution in [1.82, 2.24) is 5.32 Å². The number of amides is 1.